The summed E-state index contributed by atoms with van der Waals surface area (Å²) in [5.41, 5.74) is -0.948. The Morgan fingerprint density at radius 3 is 2.08 bits per heavy atom. The monoisotopic (exact) mass is 1120 g/mol. The third-order valence-electron chi connectivity index (χ3n) is 12.6. The number of amides is 9. The van der Waals surface area contributed by atoms with Crippen LogP contribution in [0, 0.1) is 11.8 Å². The minimum absolute atomic E-state index is 0.0970. The number of nitrogens with one attached hydrogen (secondary N) is 7. The van der Waals surface area contributed by atoms with Crippen LogP contribution in [0.25, 0.3) is 0 Å². The molecule has 422 valence electrons. The van der Waals surface area contributed by atoms with E-state index in [0.29, 0.717) is 17.7 Å². The molecule has 10 N–H and O–H groups in total. The van der Waals surface area contributed by atoms with Gasteiger partial charge in [0.25, 0.3) is 11.8 Å². The van der Waals surface area contributed by atoms with Crippen LogP contribution in [0.15, 0.2) is 54.2 Å². The number of benzene rings is 2. The van der Waals surface area contributed by atoms with Crippen molar-refractivity contribution in [3.63, 3.8) is 0 Å². The van der Waals surface area contributed by atoms with E-state index in [1.54, 1.807) is 30.3 Å². The number of piperidine rings is 1. The molecule has 3 aliphatic rings. The van der Waals surface area contributed by atoms with Gasteiger partial charge in [-0.15, -0.1) is 0 Å². The zero-order chi connectivity index (χ0) is 57.3. The zero-order valence-electron chi connectivity index (χ0n) is 42.9. The van der Waals surface area contributed by atoms with Crippen LogP contribution in [0.5, 0.6) is 11.5 Å². The molecule has 8 atom stereocenters. The van der Waals surface area contributed by atoms with Gasteiger partial charge >= 0.3 is 32.8 Å². The van der Waals surface area contributed by atoms with E-state index in [0.717, 1.165) is 16.8 Å². The van der Waals surface area contributed by atoms with Gasteiger partial charge in [0.15, 0.2) is 11.5 Å². The van der Waals surface area contributed by atoms with Crippen LogP contribution >= 0.6 is 0 Å². The number of allylic oxidation sites excluding steroid dienone is 1. The molecule has 9 amide bonds. The van der Waals surface area contributed by atoms with Crippen LogP contribution in [0.4, 0.5) is 10.5 Å². The first-order valence-electron chi connectivity index (χ1n) is 24.2. The largest absolute Gasteiger partial charge is 0.458 e. The number of carbonyl (C=O) groups excluding carboxylic acids is 9. The molecule has 77 heavy (non-hydrogen) atoms. The second kappa shape index (κ2) is 25.6. The van der Waals surface area contributed by atoms with Crippen LogP contribution in [0.1, 0.15) is 78.4 Å². The molecule has 3 aliphatic heterocycles. The predicted octanol–water partition coefficient (Wildman–Crippen LogP) is -0.897. The number of rotatable bonds is 9. The Morgan fingerprint density at radius 1 is 0.844 bits per heavy atom. The van der Waals surface area contributed by atoms with Crippen LogP contribution in [-0.2, 0) is 76.7 Å². The number of nitrogens with zero attached hydrogens (tertiary/aromatic N) is 2. The van der Waals surface area contributed by atoms with Crippen LogP contribution in [0.3, 0.4) is 0 Å². The van der Waals surface area contributed by atoms with Crippen LogP contribution < -0.4 is 45.6 Å². The molecule has 2 fully saturated rings. The molecular formula is C47H63N9O19S2. The van der Waals surface area contributed by atoms with Crippen molar-refractivity contribution in [1.82, 2.24) is 41.7 Å². The summed E-state index contributed by atoms with van der Waals surface area (Å²) in [7, 11) is -10.0. The number of hydrogen-bond donors (Lipinski definition) is 10. The molecule has 2 saturated heterocycles. The first-order valence-corrected chi connectivity index (χ1v) is 27.0. The zero-order valence-corrected chi connectivity index (χ0v) is 44.6. The van der Waals surface area contributed by atoms with Crippen molar-refractivity contribution in [3.05, 3.63) is 65.4 Å². The molecule has 0 saturated carbocycles. The number of carbonyl (C=O) groups is 9. The highest BCUT2D eigenvalue weighted by Crippen LogP contribution is 2.37. The average Bonchev–Trinajstić information content (AvgIpc) is 3.34. The molecule has 0 spiro atoms. The van der Waals surface area contributed by atoms with Crippen molar-refractivity contribution < 1.29 is 87.3 Å². The number of aliphatic hydroxyl groups excluding tert-OH is 1. The predicted molar refractivity (Wildman–Crippen MR) is 268 cm³/mol. The summed E-state index contributed by atoms with van der Waals surface area (Å²) in [6.45, 7) is 8.30. The molecule has 3 heterocycles. The van der Waals surface area contributed by atoms with Gasteiger partial charge in [0.05, 0.1) is 0 Å². The van der Waals surface area contributed by atoms with E-state index in [1.165, 1.54) is 47.6 Å². The lowest BCUT2D eigenvalue weighted by atomic mass is 9.95. The van der Waals surface area contributed by atoms with Crippen molar-refractivity contribution in [1.29, 1.82) is 0 Å². The smallest absolute Gasteiger partial charge is 0.446 e. The van der Waals surface area contributed by atoms with Gasteiger partial charge in [0, 0.05) is 44.1 Å². The Bertz CT molecular complexity index is 2870. The van der Waals surface area contributed by atoms with E-state index in [1.807, 2.05) is 0 Å². The van der Waals surface area contributed by atoms with E-state index in [9.17, 15) is 64.6 Å². The molecule has 30 heteroatoms. The Hall–Kier alpha value is -7.41. The van der Waals surface area contributed by atoms with E-state index < -0.39 is 169 Å². The molecule has 0 aliphatic carbocycles. The summed E-state index contributed by atoms with van der Waals surface area (Å²) in [6.07, 6.45) is -4.13. The number of hydrogen-bond acceptors (Lipinski definition) is 17. The molecule has 2 aromatic carbocycles. The van der Waals surface area contributed by atoms with E-state index >= 15 is 9.59 Å². The summed E-state index contributed by atoms with van der Waals surface area (Å²) in [4.78, 5) is 131. The molecule has 2 aromatic rings. The van der Waals surface area contributed by atoms with E-state index in [2.05, 4.69) is 45.6 Å². The SMILES string of the molecule is C/C=C1\NC(=O)C2NC(=O)C(NC(=O)C(C)C)CCCNC(=O)Nc3cc(OS(=O)(=O)O)c(OS(=O)(=O)O)cc3C[C@@H](C(=O)NC(C(C)C)C(=O)OC2C)N(C)C(=O)C(Cc2ccccc2)N2C(=O)[C@H](CC[C@H]2O)NC1=O. The van der Waals surface area contributed by atoms with Crippen molar-refractivity contribution >= 4 is 79.8 Å². The van der Waals surface area contributed by atoms with Gasteiger partial charge in [-0.3, -0.25) is 42.7 Å². The van der Waals surface area contributed by atoms with Crippen LogP contribution in [0.2, 0.25) is 0 Å². The fourth-order valence-electron chi connectivity index (χ4n) is 8.50. The summed E-state index contributed by atoms with van der Waals surface area (Å²) in [6, 6.07) is -1.83. The van der Waals surface area contributed by atoms with Gasteiger partial charge in [-0.25, -0.2) is 9.59 Å². The second-order valence-electron chi connectivity index (χ2n) is 19.0. The number of ether oxygens (including phenoxy) is 1. The maximum atomic E-state index is 15.4. The highest BCUT2D eigenvalue weighted by molar-refractivity contribution is 7.81. The highest BCUT2D eigenvalue weighted by atomic mass is 32.3. The molecular weight excluding hydrogens is 1060 g/mol. The van der Waals surface area contributed by atoms with Gasteiger partial charge in [0.2, 0.25) is 29.5 Å². The molecule has 4 bridgehead atoms. The molecule has 5 unspecified atom stereocenters. The van der Waals surface area contributed by atoms with Crippen molar-refractivity contribution in [2.75, 3.05) is 18.9 Å². The van der Waals surface area contributed by atoms with Gasteiger partial charge in [0.1, 0.15) is 54.3 Å². The van der Waals surface area contributed by atoms with E-state index in [-0.39, 0.29) is 38.6 Å². The Balaban J connectivity index is 1.83. The summed E-state index contributed by atoms with van der Waals surface area (Å²) >= 11 is 0. The second-order valence-corrected chi connectivity index (χ2v) is 21.0. The lowest BCUT2D eigenvalue weighted by molar-refractivity contribution is -0.165. The number of aliphatic hydroxyl groups is 1. The Morgan fingerprint density at radius 2 is 1.48 bits per heavy atom. The van der Waals surface area contributed by atoms with Crippen molar-refractivity contribution in [3.8, 4) is 11.5 Å². The minimum atomic E-state index is -5.57. The molecule has 5 rings (SSSR count). The molecule has 28 nitrogen and oxygen atoms in total. The van der Waals surface area contributed by atoms with Gasteiger partial charge in [-0.1, -0.05) is 64.1 Å². The van der Waals surface area contributed by atoms with Crippen molar-refractivity contribution in [2.45, 2.75) is 129 Å². The maximum Gasteiger partial charge on any atom is 0.446 e. The fraction of sp³-hybridized carbons (Fsp3) is 0.511. The third kappa shape index (κ3) is 16.3. The van der Waals surface area contributed by atoms with Gasteiger partial charge in [-0.05, 0) is 62.6 Å². The summed E-state index contributed by atoms with van der Waals surface area (Å²) < 4.78 is 82.8. The van der Waals surface area contributed by atoms with Gasteiger partial charge < -0.3 is 65.2 Å². The van der Waals surface area contributed by atoms with Gasteiger partial charge in [-0.2, -0.15) is 16.8 Å². The quantitative estimate of drug-likeness (QED) is 0.0826. The topological polar surface area (TPSA) is 401 Å². The first-order chi connectivity index (χ1) is 36.0. The fourth-order valence-corrected chi connectivity index (χ4v) is 9.21. The third-order valence-corrected chi connectivity index (χ3v) is 13.4. The Kier molecular flexibility index (Phi) is 20.1. The molecule has 0 aromatic heterocycles. The number of fused-ring (bicyclic) bond motifs is 10. The maximum absolute atomic E-state index is 15.4. The number of likely N-dealkylation sites (N-methyl/N-ethyl adjacent to an activating group) is 1. The Labute approximate surface area is 443 Å². The summed E-state index contributed by atoms with van der Waals surface area (Å²) in [5.74, 6) is -12.1. The normalized spacial score (nSPS) is 25.6. The minimum Gasteiger partial charge on any atom is -0.458 e. The summed E-state index contributed by atoms with van der Waals surface area (Å²) in [5, 5.41) is 29.0. The number of anilines is 1. The standard InChI is InChI=1S/C47H63N9O19S2/c1-8-28-40(59)51-30-16-17-36(57)56(44(30)63)33(19-26-13-10-9-11-14-26)45(64)55(7)32-20-27-21-34(74-76(67,68)69)35(75-77(70,71)72)22-31(27)52-47(66)48-18-12-15-29(50-39(58)24(4)5)41(60)54-38(43(62)49-28)25(6)73-46(65)37(23(2)3)53-42(32)61/h8-11,13-14,21-25,29-30,32-33,36-38,57H,12,15-20H2,1-7H3,(H,49,62)(H,50,58)(H,51,59)(H,53,61)(H,54,60)(H2,48,52,66)(H,67,68,69)(H,70,71,72)/b28-8-/t25?,29?,30-,32-,33?,36+,37?,38?/m0/s1. The van der Waals surface area contributed by atoms with E-state index in [4.69, 9.17) is 4.74 Å². The average molecular weight is 1120 g/mol. The molecule has 0 radical (unpaired) electrons. The first kappa shape index (κ1) is 60.5. The lowest BCUT2D eigenvalue weighted by Crippen LogP contribution is -2.64. The van der Waals surface area contributed by atoms with Crippen LogP contribution in [-0.4, -0.2) is 156 Å². The number of urea groups is 1. The number of esters is 1. The highest BCUT2D eigenvalue weighted by Gasteiger charge is 2.46. The lowest BCUT2D eigenvalue weighted by Gasteiger charge is -2.43. The van der Waals surface area contributed by atoms with Crippen molar-refractivity contribution in [2.24, 2.45) is 11.8 Å².